The highest BCUT2D eigenvalue weighted by molar-refractivity contribution is 8.00. The van der Waals surface area contributed by atoms with Crippen LogP contribution in [-0.2, 0) is 16.2 Å². The van der Waals surface area contributed by atoms with Crippen molar-refractivity contribution >= 4 is 57.9 Å². The largest absolute Gasteiger partial charge is 0.489 e. The standard InChI is InChI=1S/C32H24ClN3O6S2/c33-16-6-4-5-15(11-16)14-42-22-10-9-18(36(40)41)12-19(22)23-24-20-13-21(27(24)43-29-28(23)44-32(39)34-29)26-25(20)30(37)35(31(26)38)17-7-2-1-3-8-17/h1-12,20-21,23-27H,13-14H2,(H,34,39)/t20?,21?,23-,24?,25?,26?,27?/m1/s1. The number of nitrogens with one attached hydrogen (secondary N) is 1. The number of fused-ring (bicyclic) bond motifs is 9. The lowest BCUT2D eigenvalue weighted by atomic mass is 9.68. The zero-order valence-corrected chi connectivity index (χ0v) is 25.3. The van der Waals surface area contributed by atoms with E-state index in [-0.39, 0.29) is 52.0 Å². The maximum Gasteiger partial charge on any atom is 0.305 e. The Bertz CT molecular complexity index is 1910. The molecule has 222 valence electrons. The summed E-state index contributed by atoms with van der Waals surface area (Å²) in [6.45, 7) is 0.187. The molecule has 4 aromatic rings. The Morgan fingerprint density at radius 2 is 1.75 bits per heavy atom. The third-order valence-corrected chi connectivity index (χ3v) is 12.4. The number of benzene rings is 3. The number of ether oxygens (including phenoxy) is 1. The summed E-state index contributed by atoms with van der Waals surface area (Å²) in [6.07, 6.45) is 0.709. The van der Waals surface area contributed by atoms with Crippen molar-refractivity contribution < 1.29 is 19.2 Å². The number of carbonyl (C=O) groups is 2. The molecule has 1 aromatic heterocycles. The van der Waals surface area contributed by atoms with Crippen LogP contribution in [0.4, 0.5) is 11.4 Å². The molecule has 8 rings (SSSR count). The molecule has 2 bridgehead atoms. The number of aromatic amines is 1. The molecule has 7 atom stereocenters. The minimum absolute atomic E-state index is 0.0588. The first kappa shape index (κ1) is 27.6. The van der Waals surface area contributed by atoms with E-state index in [2.05, 4.69) is 4.98 Å². The number of nitro groups is 1. The number of anilines is 1. The van der Waals surface area contributed by atoms with E-state index in [1.54, 1.807) is 48.2 Å². The topological polar surface area (TPSA) is 123 Å². The number of carbonyl (C=O) groups excluding carboxylic acids is 2. The molecule has 3 aromatic carbocycles. The zero-order valence-electron chi connectivity index (χ0n) is 22.9. The Balaban J connectivity index is 1.23. The monoisotopic (exact) mass is 645 g/mol. The molecule has 4 aliphatic rings. The van der Waals surface area contributed by atoms with Crippen LogP contribution in [0.3, 0.4) is 0 Å². The van der Waals surface area contributed by atoms with Gasteiger partial charge in [-0.15, -0.1) is 11.8 Å². The van der Waals surface area contributed by atoms with E-state index in [9.17, 15) is 24.5 Å². The summed E-state index contributed by atoms with van der Waals surface area (Å²) in [6, 6.07) is 20.9. The lowest BCUT2D eigenvalue weighted by molar-refractivity contribution is -0.385. The number of amides is 2. The van der Waals surface area contributed by atoms with Gasteiger partial charge < -0.3 is 9.72 Å². The Hall–Kier alpha value is -3.93. The number of imide groups is 1. The fourth-order valence-electron chi connectivity index (χ4n) is 8.01. The smallest absolute Gasteiger partial charge is 0.305 e. The number of nitrogens with zero attached hydrogens (tertiary/aromatic N) is 2. The number of aromatic nitrogens is 1. The normalized spacial score (nSPS) is 28.1. The van der Waals surface area contributed by atoms with Crippen molar-refractivity contribution in [1.29, 1.82) is 0 Å². The molecule has 0 spiro atoms. The summed E-state index contributed by atoms with van der Waals surface area (Å²) in [4.78, 5) is 56.9. The minimum atomic E-state index is -0.483. The molecule has 2 amide bonds. The summed E-state index contributed by atoms with van der Waals surface area (Å²) in [5, 5.41) is 13.2. The van der Waals surface area contributed by atoms with Gasteiger partial charge in [-0.25, -0.2) is 0 Å². The third kappa shape index (κ3) is 4.17. The van der Waals surface area contributed by atoms with Crippen molar-refractivity contribution in [1.82, 2.24) is 4.98 Å². The maximum atomic E-state index is 14.0. The van der Waals surface area contributed by atoms with Crippen LogP contribution >= 0.6 is 34.7 Å². The fourth-order valence-corrected chi connectivity index (χ4v) is 11.1. The summed E-state index contributed by atoms with van der Waals surface area (Å²) in [5.41, 5.74) is 1.93. The van der Waals surface area contributed by atoms with Gasteiger partial charge in [0.25, 0.3) is 5.69 Å². The Kier molecular flexibility index (Phi) is 6.48. The van der Waals surface area contributed by atoms with Crippen LogP contribution in [0, 0.1) is 39.7 Å². The Labute approximate surface area is 264 Å². The van der Waals surface area contributed by atoms with Crippen LogP contribution in [-0.4, -0.2) is 27.0 Å². The second kappa shape index (κ2) is 10.3. The van der Waals surface area contributed by atoms with Gasteiger partial charge in [-0.1, -0.05) is 53.3 Å². The van der Waals surface area contributed by atoms with Crippen molar-refractivity contribution in [2.75, 3.05) is 4.90 Å². The van der Waals surface area contributed by atoms with Gasteiger partial charge in [0.2, 0.25) is 11.8 Å². The van der Waals surface area contributed by atoms with E-state index in [0.717, 1.165) is 26.8 Å². The molecule has 2 saturated carbocycles. The summed E-state index contributed by atoms with van der Waals surface area (Å²) in [7, 11) is 0. The van der Waals surface area contributed by atoms with Gasteiger partial charge in [0.1, 0.15) is 12.4 Å². The van der Waals surface area contributed by atoms with E-state index in [1.165, 1.54) is 11.0 Å². The molecular weight excluding hydrogens is 622 g/mol. The number of para-hydroxylation sites is 1. The quantitative estimate of drug-likeness (QED) is 0.149. The zero-order chi connectivity index (χ0) is 30.3. The molecule has 12 heteroatoms. The number of hydrogen-bond donors (Lipinski definition) is 1. The fraction of sp³-hybridized carbons (Fsp3) is 0.281. The van der Waals surface area contributed by atoms with Crippen molar-refractivity contribution in [2.45, 2.75) is 29.2 Å². The number of nitro benzene ring substituents is 1. The maximum absolute atomic E-state index is 14.0. The van der Waals surface area contributed by atoms with Crippen LogP contribution < -0.4 is 14.5 Å². The van der Waals surface area contributed by atoms with E-state index in [0.29, 0.717) is 28.4 Å². The van der Waals surface area contributed by atoms with Crippen LogP contribution in [0.15, 0.2) is 82.6 Å². The molecule has 3 heterocycles. The molecule has 6 unspecified atom stereocenters. The molecule has 2 aliphatic heterocycles. The van der Waals surface area contributed by atoms with E-state index < -0.39 is 22.7 Å². The number of H-pyrrole nitrogens is 1. The Morgan fingerprint density at radius 1 is 0.977 bits per heavy atom. The second-order valence-electron chi connectivity index (χ2n) is 11.7. The van der Waals surface area contributed by atoms with Crippen LogP contribution in [0.5, 0.6) is 5.75 Å². The average molecular weight is 646 g/mol. The average Bonchev–Trinajstić information content (AvgIpc) is 3.75. The van der Waals surface area contributed by atoms with Gasteiger partial charge in [0.15, 0.2) is 0 Å². The van der Waals surface area contributed by atoms with Gasteiger partial charge in [-0.2, -0.15) is 0 Å². The number of halogens is 1. The number of hydrogen-bond acceptors (Lipinski definition) is 8. The molecule has 1 N–H and O–H groups in total. The lowest BCUT2D eigenvalue weighted by Gasteiger charge is -2.43. The minimum Gasteiger partial charge on any atom is -0.489 e. The first-order valence-corrected chi connectivity index (χ1v) is 16.4. The predicted molar refractivity (Wildman–Crippen MR) is 166 cm³/mol. The highest BCUT2D eigenvalue weighted by Gasteiger charge is 2.70. The molecule has 44 heavy (non-hydrogen) atoms. The SMILES string of the molecule is O=C1C2C3CC(C2C(=O)N1c1ccccc1)C1C3Sc2[nH]c(=O)sc2[C@@H]1c1cc([N+](=O)[O-])ccc1OCc1cccc(Cl)c1. The number of rotatable bonds is 6. The van der Waals surface area contributed by atoms with Crippen molar-refractivity contribution in [3.05, 3.63) is 114 Å². The van der Waals surface area contributed by atoms with Crippen LogP contribution in [0.25, 0.3) is 0 Å². The first-order valence-electron chi connectivity index (χ1n) is 14.3. The van der Waals surface area contributed by atoms with E-state index in [1.807, 2.05) is 30.3 Å². The number of thiazole rings is 1. The highest BCUT2D eigenvalue weighted by atomic mass is 35.5. The van der Waals surface area contributed by atoms with Crippen molar-refractivity contribution in [2.24, 2.45) is 29.6 Å². The van der Waals surface area contributed by atoms with Gasteiger partial charge in [-0.05, 0) is 60.1 Å². The van der Waals surface area contributed by atoms with Gasteiger partial charge in [0.05, 0.1) is 27.5 Å². The highest BCUT2D eigenvalue weighted by Crippen LogP contribution is 2.69. The molecule has 9 nitrogen and oxygen atoms in total. The van der Waals surface area contributed by atoms with Gasteiger partial charge in [0, 0.05) is 38.8 Å². The molecule has 2 aliphatic carbocycles. The molecular formula is C32H24ClN3O6S2. The van der Waals surface area contributed by atoms with Crippen molar-refractivity contribution in [3.8, 4) is 5.75 Å². The van der Waals surface area contributed by atoms with Crippen LogP contribution in [0.1, 0.15) is 28.3 Å². The molecule has 0 radical (unpaired) electrons. The van der Waals surface area contributed by atoms with E-state index in [4.69, 9.17) is 16.3 Å². The summed E-state index contributed by atoms with van der Waals surface area (Å²) < 4.78 is 6.32. The van der Waals surface area contributed by atoms with Gasteiger partial charge in [-0.3, -0.25) is 29.4 Å². The lowest BCUT2D eigenvalue weighted by Crippen LogP contribution is -2.42. The number of thioether (sulfide) groups is 1. The van der Waals surface area contributed by atoms with E-state index >= 15 is 0 Å². The molecule has 3 fully saturated rings. The van der Waals surface area contributed by atoms with Gasteiger partial charge >= 0.3 is 4.87 Å². The number of non-ortho nitro benzene ring substituents is 1. The van der Waals surface area contributed by atoms with Crippen LogP contribution in [0.2, 0.25) is 5.02 Å². The summed E-state index contributed by atoms with van der Waals surface area (Å²) in [5.74, 6) is -1.57. The van der Waals surface area contributed by atoms with Crippen molar-refractivity contribution in [3.63, 3.8) is 0 Å². The predicted octanol–water partition coefficient (Wildman–Crippen LogP) is 6.25. The second-order valence-corrected chi connectivity index (χ2v) is 14.3. The first-order chi connectivity index (χ1) is 21.3. The molecule has 1 saturated heterocycles. The Morgan fingerprint density at radius 3 is 2.50 bits per heavy atom. The summed E-state index contributed by atoms with van der Waals surface area (Å²) >= 11 is 8.85. The third-order valence-electron chi connectivity index (χ3n) is 9.56.